The van der Waals surface area contributed by atoms with Crippen LogP contribution in [0.3, 0.4) is 0 Å². The molecule has 0 radical (unpaired) electrons. The predicted molar refractivity (Wildman–Crippen MR) is 76.5 cm³/mol. The van der Waals surface area contributed by atoms with Gasteiger partial charge in [-0.05, 0) is 47.0 Å². The van der Waals surface area contributed by atoms with Crippen LogP contribution in [0, 0.1) is 0 Å². The SMILES string of the molecule is CC1CCCCN1C(=O)Cn1cnn(C(C)(C)C)c1=O. The predicted octanol–water partition coefficient (Wildman–Crippen LogP) is 1.20. The first-order chi connectivity index (χ1) is 9.30. The molecule has 6 nitrogen and oxygen atoms in total. The highest BCUT2D eigenvalue weighted by molar-refractivity contribution is 5.76. The van der Waals surface area contributed by atoms with E-state index < -0.39 is 0 Å². The second kappa shape index (κ2) is 5.42. The fourth-order valence-electron chi connectivity index (χ4n) is 2.61. The van der Waals surface area contributed by atoms with Gasteiger partial charge in [0.2, 0.25) is 5.91 Å². The molecular weight excluding hydrogens is 256 g/mol. The molecule has 0 N–H and O–H groups in total. The zero-order valence-corrected chi connectivity index (χ0v) is 12.8. The summed E-state index contributed by atoms with van der Waals surface area (Å²) >= 11 is 0. The van der Waals surface area contributed by atoms with E-state index in [-0.39, 0.29) is 29.7 Å². The van der Waals surface area contributed by atoms with Gasteiger partial charge in [-0.15, -0.1) is 0 Å². The van der Waals surface area contributed by atoms with E-state index in [9.17, 15) is 9.59 Å². The molecule has 20 heavy (non-hydrogen) atoms. The summed E-state index contributed by atoms with van der Waals surface area (Å²) in [5.41, 5.74) is -0.598. The monoisotopic (exact) mass is 280 g/mol. The minimum absolute atomic E-state index is 0.00718. The van der Waals surface area contributed by atoms with Crippen molar-refractivity contribution in [1.29, 1.82) is 0 Å². The summed E-state index contributed by atoms with van der Waals surface area (Å²) in [6.07, 6.45) is 4.72. The van der Waals surface area contributed by atoms with Crippen LogP contribution >= 0.6 is 0 Å². The molecule has 0 aromatic carbocycles. The van der Waals surface area contributed by atoms with Gasteiger partial charge in [-0.25, -0.2) is 9.48 Å². The van der Waals surface area contributed by atoms with Crippen molar-refractivity contribution < 1.29 is 4.79 Å². The largest absolute Gasteiger partial charge is 0.346 e. The maximum absolute atomic E-state index is 12.3. The molecule has 0 bridgehead atoms. The van der Waals surface area contributed by atoms with E-state index in [1.807, 2.05) is 25.7 Å². The van der Waals surface area contributed by atoms with Crippen LogP contribution < -0.4 is 5.69 Å². The Morgan fingerprint density at radius 3 is 2.65 bits per heavy atom. The lowest BCUT2D eigenvalue weighted by molar-refractivity contribution is -0.135. The van der Waals surface area contributed by atoms with E-state index in [4.69, 9.17) is 0 Å². The number of likely N-dealkylation sites (tertiary alicyclic amines) is 1. The quantitative estimate of drug-likeness (QED) is 0.818. The molecule has 1 aromatic rings. The molecule has 0 spiro atoms. The van der Waals surface area contributed by atoms with Crippen LogP contribution in [0.25, 0.3) is 0 Å². The van der Waals surface area contributed by atoms with Gasteiger partial charge in [-0.2, -0.15) is 5.10 Å². The van der Waals surface area contributed by atoms with Crippen molar-refractivity contribution in [2.24, 2.45) is 0 Å². The number of carbonyl (C=O) groups excluding carboxylic acids is 1. The maximum Gasteiger partial charge on any atom is 0.346 e. The van der Waals surface area contributed by atoms with Gasteiger partial charge in [0.1, 0.15) is 12.9 Å². The smallest absolute Gasteiger partial charge is 0.338 e. The molecular formula is C14H24N4O2. The zero-order valence-electron chi connectivity index (χ0n) is 12.8. The highest BCUT2D eigenvalue weighted by Gasteiger charge is 2.25. The van der Waals surface area contributed by atoms with Crippen LogP contribution in [0.4, 0.5) is 0 Å². The van der Waals surface area contributed by atoms with Crippen molar-refractivity contribution >= 4 is 5.91 Å². The molecule has 1 aliphatic rings. The first kappa shape index (κ1) is 14.8. The molecule has 1 aliphatic heterocycles. The Morgan fingerprint density at radius 1 is 1.40 bits per heavy atom. The van der Waals surface area contributed by atoms with Gasteiger partial charge < -0.3 is 4.90 Å². The van der Waals surface area contributed by atoms with Crippen molar-refractivity contribution in [2.75, 3.05) is 6.54 Å². The maximum atomic E-state index is 12.3. The van der Waals surface area contributed by atoms with Crippen LogP contribution in [0.15, 0.2) is 11.1 Å². The van der Waals surface area contributed by atoms with Crippen molar-refractivity contribution in [3.63, 3.8) is 0 Å². The van der Waals surface area contributed by atoms with Crippen molar-refractivity contribution in [3.8, 4) is 0 Å². The Morgan fingerprint density at radius 2 is 2.10 bits per heavy atom. The van der Waals surface area contributed by atoms with Gasteiger partial charge in [-0.1, -0.05) is 0 Å². The number of carbonyl (C=O) groups is 1. The highest BCUT2D eigenvalue weighted by Crippen LogP contribution is 2.16. The summed E-state index contributed by atoms with van der Waals surface area (Å²) in [4.78, 5) is 26.4. The standard InChI is InChI=1S/C14H24N4O2/c1-11-7-5-6-8-17(11)12(19)9-16-10-15-18(13(16)20)14(2,3)4/h10-11H,5-9H2,1-4H3. The van der Waals surface area contributed by atoms with E-state index in [0.29, 0.717) is 0 Å². The molecule has 112 valence electrons. The Bertz CT molecular complexity index is 538. The molecule has 2 rings (SSSR count). The first-order valence-corrected chi connectivity index (χ1v) is 7.25. The minimum atomic E-state index is -0.371. The van der Waals surface area contributed by atoms with Crippen LogP contribution in [0.5, 0.6) is 0 Å². The lowest BCUT2D eigenvalue weighted by Gasteiger charge is -2.33. The fourth-order valence-corrected chi connectivity index (χ4v) is 2.61. The van der Waals surface area contributed by atoms with E-state index in [1.54, 1.807) is 0 Å². The topological polar surface area (TPSA) is 60.1 Å². The molecule has 1 amide bonds. The third kappa shape index (κ3) is 2.94. The number of rotatable bonds is 2. The summed E-state index contributed by atoms with van der Waals surface area (Å²) in [5.74, 6) is 0.00718. The average Bonchev–Trinajstić information content (AvgIpc) is 2.71. The Labute approximate surface area is 119 Å². The van der Waals surface area contributed by atoms with Crippen LogP contribution in [0.2, 0.25) is 0 Å². The van der Waals surface area contributed by atoms with Crippen molar-refractivity contribution in [1.82, 2.24) is 19.2 Å². The molecule has 1 saturated heterocycles. The minimum Gasteiger partial charge on any atom is -0.338 e. The van der Waals surface area contributed by atoms with Crippen LogP contribution in [0.1, 0.15) is 47.0 Å². The molecule has 1 fully saturated rings. The number of hydrogen-bond donors (Lipinski definition) is 0. The lowest BCUT2D eigenvalue weighted by atomic mass is 10.0. The Balaban J connectivity index is 2.12. The fraction of sp³-hybridized carbons (Fsp3) is 0.786. The van der Waals surface area contributed by atoms with Gasteiger partial charge >= 0.3 is 5.69 Å². The van der Waals surface area contributed by atoms with E-state index >= 15 is 0 Å². The molecule has 2 heterocycles. The number of amides is 1. The molecule has 0 saturated carbocycles. The summed E-state index contributed by atoms with van der Waals surface area (Å²) in [5, 5.41) is 4.10. The summed E-state index contributed by atoms with van der Waals surface area (Å²) in [6.45, 7) is 8.70. The van der Waals surface area contributed by atoms with Gasteiger partial charge in [0.15, 0.2) is 0 Å². The first-order valence-electron chi connectivity index (χ1n) is 7.25. The molecule has 1 atom stereocenters. The van der Waals surface area contributed by atoms with Gasteiger partial charge in [0.25, 0.3) is 0 Å². The second-order valence-corrected chi connectivity index (χ2v) is 6.56. The summed E-state index contributed by atoms with van der Waals surface area (Å²) in [7, 11) is 0. The number of hydrogen-bond acceptors (Lipinski definition) is 3. The normalized spacial score (nSPS) is 20.2. The molecule has 1 unspecified atom stereocenters. The Hall–Kier alpha value is -1.59. The molecule has 0 aliphatic carbocycles. The van der Waals surface area contributed by atoms with Crippen LogP contribution in [-0.2, 0) is 16.9 Å². The van der Waals surface area contributed by atoms with Crippen molar-refractivity contribution in [3.05, 3.63) is 16.8 Å². The molecule has 1 aromatic heterocycles. The number of piperidine rings is 1. The van der Waals surface area contributed by atoms with E-state index in [0.717, 1.165) is 19.4 Å². The van der Waals surface area contributed by atoms with Crippen molar-refractivity contribution in [2.45, 2.75) is 65.1 Å². The third-order valence-corrected chi connectivity index (χ3v) is 3.80. The zero-order chi connectivity index (χ0) is 14.9. The summed E-state index contributed by atoms with van der Waals surface area (Å²) in [6, 6.07) is 0.268. The highest BCUT2D eigenvalue weighted by atomic mass is 16.2. The Kier molecular flexibility index (Phi) is 4.01. The van der Waals surface area contributed by atoms with Gasteiger partial charge in [0, 0.05) is 12.6 Å². The average molecular weight is 280 g/mol. The van der Waals surface area contributed by atoms with Gasteiger partial charge in [-0.3, -0.25) is 9.36 Å². The second-order valence-electron chi connectivity index (χ2n) is 6.56. The van der Waals surface area contributed by atoms with Crippen LogP contribution in [-0.4, -0.2) is 37.7 Å². The van der Waals surface area contributed by atoms with E-state index in [2.05, 4.69) is 12.0 Å². The molecule has 6 heteroatoms. The summed E-state index contributed by atoms with van der Waals surface area (Å²) < 4.78 is 2.81. The third-order valence-electron chi connectivity index (χ3n) is 3.80. The lowest BCUT2D eigenvalue weighted by Crippen LogP contribution is -2.45. The number of aromatic nitrogens is 3. The number of nitrogens with zero attached hydrogens (tertiary/aromatic N) is 4. The van der Waals surface area contributed by atoms with Gasteiger partial charge in [0.05, 0.1) is 5.54 Å². The van der Waals surface area contributed by atoms with E-state index in [1.165, 1.54) is 22.0 Å².